The molecule has 1 aromatic carbocycles. The van der Waals surface area contributed by atoms with Crippen LogP contribution in [0.3, 0.4) is 0 Å². The third-order valence-electron chi connectivity index (χ3n) is 4.01. The van der Waals surface area contributed by atoms with Crippen molar-refractivity contribution in [3.8, 4) is 0 Å². The van der Waals surface area contributed by atoms with Gasteiger partial charge in [-0.2, -0.15) is 0 Å². The Morgan fingerprint density at radius 1 is 1.29 bits per heavy atom. The van der Waals surface area contributed by atoms with Crippen LogP contribution in [0.1, 0.15) is 57.1 Å². The summed E-state index contributed by atoms with van der Waals surface area (Å²) in [6.07, 6.45) is 3.90. The molecule has 0 aliphatic heterocycles. The third-order valence-corrected chi connectivity index (χ3v) is 4.01. The minimum atomic E-state index is -0.446. The van der Waals surface area contributed by atoms with Gasteiger partial charge in [-0.3, -0.25) is 0 Å². The number of aliphatic hydroxyl groups is 1. The van der Waals surface area contributed by atoms with Crippen LogP contribution < -0.4 is 0 Å². The van der Waals surface area contributed by atoms with Crippen molar-refractivity contribution < 1.29 is 5.11 Å². The molecule has 0 radical (unpaired) electrons. The summed E-state index contributed by atoms with van der Waals surface area (Å²) in [6.45, 7) is 6.65. The average Bonchev–Trinajstić information content (AvgIpc) is 2.59. The van der Waals surface area contributed by atoms with Crippen molar-refractivity contribution >= 4 is 0 Å². The Balaban J connectivity index is 2.04. The van der Waals surface area contributed by atoms with Crippen molar-refractivity contribution in [2.45, 2.75) is 58.0 Å². The maximum Gasteiger partial charge on any atom is 0.0690 e. The molecule has 1 aromatic rings. The van der Waals surface area contributed by atoms with E-state index in [0.717, 1.165) is 19.3 Å². The van der Waals surface area contributed by atoms with Gasteiger partial charge in [0.05, 0.1) is 5.60 Å². The Morgan fingerprint density at radius 2 is 1.94 bits per heavy atom. The molecule has 1 saturated carbocycles. The van der Waals surface area contributed by atoms with Gasteiger partial charge >= 0.3 is 0 Å². The molecule has 17 heavy (non-hydrogen) atoms. The van der Waals surface area contributed by atoms with Gasteiger partial charge in [0.25, 0.3) is 0 Å². The summed E-state index contributed by atoms with van der Waals surface area (Å²) in [6, 6.07) is 8.75. The highest BCUT2D eigenvalue weighted by Gasteiger charge is 2.35. The van der Waals surface area contributed by atoms with E-state index >= 15 is 0 Å². The minimum absolute atomic E-state index is 0.446. The van der Waals surface area contributed by atoms with Gasteiger partial charge in [0.1, 0.15) is 0 Å². The van der Waals surface area contributed by atoms with Crippen molar-refractivity contribution in [3.63, 3.8) is 0 Å². The molecule has 0 aromatic heterocycles. The van der Waals surface area contributed by atoms with E-state index in [2.05, 4.69) is 45.0 Å². The van der Waals surface area contributed by atoms with Crippen molar-refractivity contribution in [2.24, 2.45) is 5.92 Å². The van der Waals surface area contributed by atoms with Crippen LogP contribution in [0.4, 0.5) is 0 Å². The lowest BCUT2D eigenvalue weighted by Gasteiger charge is -2.22. The second-order valence-electron chi connectivity index (χ2n) is 6.15. The highest BCUT2D eigenvalue weighted by atomic mass is 16.3. The van der Waals surface area contributed by atoms with Gasteiger partial charge in [-0.15, -0.1) is 0 Å². The lowest BCUT2D eigenvalue weighted by atomic mass is 9.91. The Hall–Kier alpha value is -0.820. The second kappa shape index (κ2) is 4.81. The molecule has 0 spiro atoms. The minimum Gasteiger partial charge on any atom is -0.390 e. The SMILES string of the molecule is CC1CCC(O)(Cc2ccc(C(C)C)cc2)C1. The molecule has 1 heteroatoms. The normalized spacial score (nSPS) is 28.9. The van der Waals surface area contributed by atoms with Gasteiger partial charge < -0.3 is 5.11 Å². The van der Waals surface area contributed by atoms with Gasteiger partial charge in [-0.25, -0.2) is 0 Å². The first kappa shape index (κ1) is 12.6. The van der Waals surface area contributed by atoms with Gasteiger partial charge in [0.15, 0.2) is 0 Å². The number of rotatable bonds is 3. The zero-order valence-electron chi connectivity index (χ0n) is 11.2. The Bertz CT molecular complexity index is 366. The van der Waals surface area contributed by atoms with Crippen LogP contribution in [0.15, 0.2) is 24.3 Å². The molecule has 1 aliphatic rings. The van der Waals surface area contributed by atoms with E-state index in [1.54, 1.807) is 0 Å². The predicted molar refractivity (Wildman–Crippen MR) is 72.2 cm³/mol. The van der Waals surface area contributed by atoms with Gasteiger partial charge in [0.2, 0.25) is 0 Å². The summed E-state index contributed by atoms with van der Waals surface area (Å²) in [4.78, 5) is 0. The second-order valence-corrected chi connectivity index (χ2v) is 6.15. The van der Waals surface area contributed by atoms with Crippen LogP contribution in [0.2, 0.25) is 0 Å². The van der Waals surface area contributed by atoms with E-state index in [0.29, 0.717) is 11.8 Å². The van der Waals surface area contributed by atoms with Crippen molar-refractivity contribution in [3.05, 3.63) is 35.4 Å². The zero-order valence-corrected chi connectivity index (χ0v) is 11.2. The van der Waals surface area contributed by atoms with Crippen LogP contribution in [0.25, 0.3) is 0 Å². The van der Waals surface area contributed by atoms with E-state index in [-0.39, 0.29) is 0 Å². The van der Waals surface area contributed by atoms with Gasteiger partial charge in [0, 0.05) is 6.42 Å². The molecule has 2 unspecified atom stereocenters. The van der Waals surface area contributed by atoms with E-state index < -0.39 is 5.60 Å². The monoisotopic (exact) mass is 232 g/mol. The molecule has 2 atom stereocenters. The highest BCUT2D eigenvalue weighted by molar-refractivity contribution is 5.26. The molecule has 1 nitrogen and oxygen atoms in total. The van der Waals surface area contributed by atoms with Crippen molar-refractivity contribution in [1.82, 2.24) is 0 Å². The molecule has 2 rings (SSSR count). The van der Waals surface area contributed by atoms with Crippen LogP contribution in [0.5, 0.6) is 0 Å². The Morgan fingerprint density at radius 3 is 2.41 bits per heavy atom. The maximum absolute atomic E-state index is 10.5. The number of hydrogen-bond donors (Lipinski definition) is 1. The topological polar surface area (TPSA) is 20.2 Å². The van der Waals surface area contributed by atoms with E-state index in [9.17, 15) is 5.11 Å². The molecule has 1 N–H and O–H groups in total. The van der Waals surface area contributed by atoms with Crippen LogP contribution >= 0.6 is 0 Å². The lowest BCUT2D eigenvalue weighted by molar-refractivity contribution is 0.0446. The fourth-order valence-corrected chi connectivity index (χ4v) is 2.93. The van der Waals surface area contributed by atoms with E-state index in [1.807, 2.05) is 0 Å². The van der Waals surface area contributed by atoms with Gasteiger partial charge in [-0.05, 0) is 42.2 Å². The molecule has 0 heterocycles. The first-order chi connectivity index (χ1) is 7.98. The summed E-state index contributed by atoms with van der Waals surface area (Å²) in [5, 5.41) is 10.5. The van der Waals surface area contributed by atoms with E-state index in [1.165, 1.54) is 17.5 Å². The highest BCUT2D eigenvalue weighted by Crippen LogP contribution is 2.36. The smallest absolute Gasteiger partial charge is 0.0690 e. The third kappa shape index (κ3) is 3.10. The van der Waals surface area contributed by atoms with Crippen molar-refractivity contribution in [1.29, 1.82) is 0 Å². The summed E-state index contributed by atoms with van der Waals surface area (Å²) < 4.78 is 0. The van der Waals surface area contributed by atoms with Gasteiger partial charge in [-0.1, -0.05) is 45.0 Å². The lowest BCUT2D eigenvalue weighted by Crippen LogP contribution is -2.27. The van der Waals surface area contributed by atoms with Crippen LogP contribution in [0, 0.1) is 5.92 Å². The largest absolute Gasteiger partial charge is 0.390 e. The molecular weight excluding hydrogens is 208 g/mol. The Kier molecular flexibility index (Phi) is 3.58. The molecular formula is C16H24O. The average molecular weight is 232 g/mol. The molecule has 1 fully saturated rings. The summed E-state index contributed by atoms with van der Waals surface area (Å²) in [5.41, 5.74) is 2.20. The fourth-order valence-electron chi connectivity index (χ4n) is 2.93. The molecule has 94 valence electrons. The number of hydrogen-bond acceptors (Lipinski definition) is 1. The summed E-state index contributed by atoms with van der Waals surface area (Å²) >= 11 is 0. The standard InChI is InChI=1S/C16H24O/c1-12(2)15-6-4-14(5-7-15)11-16(17)9-8-13(3)10-16/h4-7,12-13,17H,8-11H2,1-3H3. The molecule has 0 bridgehead atoms. The molecule has 1 aliphatic carbocycles. The quantitative estimate of drug-likeness (QED) is 0.838. The first-order valence-corrected chi connectivity index (χ1v) is 6.80. The van der Waals surface area contributed by atoms with Crippen molar-refractivity contribution in [2.75, 3.05) is 0 Å². The van der Waals surface area contributed by atoms with Crippen LogP contribution in [-0.4, -0.2) is 10.7 Å². The van der Waals surface area contributed by atoms with E-state index in [4.69, 9.17) is 0 Å². The maximum atomic E-state index is 10.5. The molecule has 0 amide bonds. The first-order valence-electron chi connectivity index (χ1n) is 6.80. The number of benzene rings is 1. The predicted octanol–water partition coefficient (Wildman–Crippen LogP) is 3.90. The molecule has 0 saturated heterocycles. The fraction of sp³-hybridized carbons (Fsp3) is 0.625. The summed E-state index contributed by atoms with van der Waals surface area (Å²) in [7, 11) is 0. The Labute approximate surface area is 105 Å². The van der Waals surface area contributed by atoms with Crippen LogP contribution in [-0.2, 0) is 6.42 Å². The zero-order chi connectivity index (χ0) is 12.5. The summed E-state index contributed by atoms with van der Waals surface area (Å²) in [5.74, 6) is 1.26.